The van der Waals surface area contributed by atoms with E-state index in [1.807, 2.05) is 25.1 Å². The SMILES string of the molecule is COC(=O)c1sc(NC(=O)c2sc3cc(C)ccc3c2Cl)c(C(=O)OC)c1C. The number of fused-ring (bicyclic) bond motifs is 1. The first-order valence-corrected chi connectivity index (χ1v) is 10.1. The molecule has 3 aromatic rings. The molecular formula is C19H16ClNO5S2. The van der Waals surface area contributed by atoms with Crippen molar-refractivity contribution in [1.29, 1.82) is 0 Å². The zero-order valence-electron chi connectivity index (χ0n) is 15.5. The van der Waals surface area contributed by atoms with Gasteiger partial charge in [-0.15, -0.1) is 22.7 Å². The van der Waals surface area contributed by atoms with E-state index in [0.29, 0.717) is 15.5 Å². The number of anilines is 1. The maximum Gasteiger partial charge on any atom is 0.348 e. The lowest BCUT2D eigenvalue weighted by atomic mass is 10.1. The van der Waals surface area contributed by atoms with Crippen LogP contribution in [0.25, 0.3) is 10.1 Å². The van der Waals surface area contributed by atoms with Gasteiger partial charge in [0.1, 0.15) is 14.8 Å². The number of halogens is 1. The summed E-state index contributed by atoms with van der Waals surface area (Å²) in [4.78, 5) is 37.6. The Kier molecular flexibility index (Phi) is 5.74. The number of carbonyl (C=O) groups excluding carboxylic acids is 3. The molecule has 0 aliphatic rings. The van der Waals surface area contributed by atoms with Gasteiger partial charge >= 0.3 is 11.9 Å². The van der Waals surface area contributed by atoms with Crippen molar-refractivity contribution in [3.63, 3.8) is 0 Å². The first kappa shape index (κ1) is 20.3. The van der Waals surface area contributed by atoms with Crippen molar-refractivity contribution in [3.05, 3.63) is 49.7 Å². The van der Waals surface area contributed by atoms with E-state index in [0.717, 1.165) is 27.0 Å². The number of thiophene rings is 2. The lowest BCUT2D eigenvalue weighted by Crippen LogP contribution is -2.13. The molecule has 0 radical (unpaired) electrons. The Morgan fingerprint density at radius 3 is 2.32 bits per heavy atom. The van der Waals surface area contributed by atoms with E-state index in [4.69, 9.17) is 21.1 Å². The molecule has 0 aliphatic carbocycles. The Balaban J connectivity index is 2.03. The van der Waals surface area contributed by atoms with Crippen molar-refractivity contribution < 1.29 is 23.9 Å². The molecular weight excluding hydrogens is 422 g/mol. The number of hydrogen-bond donors (Lipinski definition) is 1. The number of esters is 2. The van der Waals surface area contributed by atoms with Crippen molar-refractivity contribution >= 4 is 67.2 Å². The summed E-state index contributed by atoms with van der Waals surface area (Å²) < 4.78 is 10.4. The highest BCUT2D eigenvalue weighted by molar-refractivity contribution is 7.22. The fourth-order valence-corrected chi connectivity index (χ4v) is 5.33. The van der Waals surface area contributed by atoms with Crippen LogP contribution in [-0.2, 0) is 9.47 Å². The summed E-state index contributed by atoms with van der Waals surface area (Å²) in [6.45, 7) is 3.55. The third-order valence-corrected chi connectivity index (χ3v) is 6.97. The van der Waals surface area contributed by atoms with Crippen LogP contribution < -0.4 is 5.32 Å². The van der Waals surface area contributed by atoms with Gasteiger partial charge in [0.2, 0.25) is 0 Å². The van der Waals surface area contributed by atoms with Crippen LogP contribution in [0.4, 0.5) is 5.00 Å². The molecule has 0 unspecified atom stereocenters. The normalized spacial score (nSPS) is 10.8. The van der Waals surface area contributed by atoms with Crippen LogP contribution in [0.1, 0.15) is 40.8 Å². The molecule has 0 atom stereocenters. The van der Waals surface area contributed by atoms with Crippen LogP contribution in [0.15, 0.2) is 18.2 Å². The van der Waals surface area contributed by atoms with Gasteiger partial charge in [0.05, 0.1) is 24.8 Å². The molecule has 28 heavy (non-hydrogen) atoms. The quantitative estimate of drug-likeness (QED) is 0.577. The standard InChI is InChI=1S/C19H16ClNO5S2/c1-8-5-6-10-11(7-8)27-15(13(10)20)16(22)21-17-12(18(23)25-3)9(2)14(28-17)19(24)26-4/h5-7H,1-4H3,(H,21,22). The van der Waals surface area contributed by atoms with Gasteiger partial charge in [-0.25, -0.2) is 9.59 Å². The van der Waals surface area contributed by atoms with E-state index in [2.05, 4.69) is 5.32 Å². The highest BCUT2D eigenvalue weighted by Gasteiger charge is 2.28. The van der Waals surface area contributed by atoms with E-state index in [1.165, 1.54) is 25.6 Å². The minimum atomic E-state index is -0.655. The Morgan fingerprint density at radius 2 is 1.68 bits per heavy atom. The van der Waals surface area contributed by atoms with Crippen LogP contribution in [0.2, 0.25) is 5.02 Å². The summed E-state index contributed by atoms with van der Waals surface area (Å²) in [6.07, 6.45) is 0. The van der Waals surface area contributed by atoms with Crippen molar-refractivity contribution in [2.75, 3.05) is 19.5 Å². The number of ether oxygens (including phenoxy) is 2. The lowest BCUT2D eigenvalue weighted by Gasteiger charge is -2.05. The second-order valence-electron chi connectivity index (χ2n) is 5.94. The molecule has 0 fully saturated rings. The average Bonchev–Trinajstić information content (AvgIpc) is 3.17. The molecule has 146 valence electrons. The van der Waals surface area contributed by atoms with E-state index in [-0.39, 0.29) is 15.4 Å². The number of benzene rings is 1. The number of amides is 1. The van der Waals surface area contributed by atoms with Crippen molar-refractivity contribution in [2.45, 2.75) is 13.8 Å². The first-order chi connectivity index (χ1) is 13.3. The summed E-state index contributed by atoms with van der Waals surface area (Å²) in [5.74, 6) is -1.72. The third-order valence-electron chi connectivity index (χ3n) is 4.13. The lowest BCUT2D eigenvalue weighted by molar-refractivity contribution is 0.0601. The topological polar surface area (TPSA) is 81.7 Å². The minimum absolute atomic E-state index is 0.120. The molecule has 2 aromatic heterocycles. The predicted octanol–water partition coefficient (Wildman–Crippen LogP) is 5.06. The van der Waals surface area contributed by atoms with E-state index in [1.54, 1.807) is 6.92 Å². The number of aryl methyl sites for hydroxylation is 1. The number of nitrogens with one attached hydrogen (secondary N) is 1. The van der Waals surface area contributed by atoms with Gasteiger partial charge in [0.25, 0.3) is 5.91 Å². The Bertz CT molecular complexity index is 1120. The molecule has 0 bridgehead atoms. The fourth-order valence-electron chi connectivity index (χ4n) is 2.72. The Morgan fingerprint density at radius 1 is 1.00 bits per heavy atom. The van der Waals surface area contributed by atoms with Crippen LogP contribution >= 0.6 is 34.3 Å². The van der Waals surface area contributed by atoms with Gasteiger partial charge < -0.3 is 14.8 Å². The maximum atomic E-state index is 12.9. The third kappa shape index (κ3) is 3.50. The number of carbonyl (C=O) groups is 3. The molecule has 0 spiro atoms. The highest BCUT2D eigenvalue weighted by atomic mass is 35.5. The van der Waals surface area contributed by atoms with Gasteiger partial charge in [0, 0.05) is 10.1 Å². The largest absolute Gasteiger partial charge is 0.465 e. The Labute approximate surface area is 174 Å². The molecule has 0 saturated heterocycles. The van der Waals surface area contributed by atoms with Gasteiger partial charge in [-0.3, -0.25) is 4.79 Å². The van der Waals surface area contributed by atoms with E-state index < -0.39 is 17.8 Å². The monoisotopic (exact) mass is 437 g/mol. The summed E-state index contributed by atoms with van der Waals surface area (Å²) in [7, 11) is 2.48. The summed E-state index contributed by atoms with van der Waals surface area (Å²) in [5, 5.41) is 4.03. The van der Waals surface area contributed by atoms with Gasteiger partial charge in [-0.1, -0.05) is 23.7 Å². The van der Waals surface area contributed by atoms with Crippen molar-refractivity contribution in [2.24, 2.45) is 0 Å². The maximum absolute atomic E-state index is 12.9. The minimum Gasteiger partial charge on any atom is -0.465 e. The molecule has 3 rings (SSSR count). The summed E-state index contributed by atoms with van der Waals surface area (Å²) in [5.41, 5.74) is 1.56. The predicted molar refractivity (Wildman–Crippen MR) is 111 cm³/mol. The second-order valence-corrected chi connectivity index (χ2v) is 8.39. The van der Waals surface area contributed by atoms with Crippen molar-refractivity contribution in [3.8, 4) is 0 Å². The fraction of sp³-hybridized carbons (Fsp3) is 0.211. The summed E-state index contributed by atoms with van der Waals surface area (Å²) in [6, 6.07) is 5.74. The first-order valence-electron chi connectivity index (χ1n) is 8.08. The van der Waals surface area contributed by atoms with Gasteiger partial charge in [-0.05, 0) is 31.0 Å². The molecule has 9 heteroatoms. The van der Waals surface area contributed by atoms with Gasteiger partial charge in [-0.2, -0.15) is 0 Å². The van der Waals surface area contributed by atoms with Crippen molar-refractivity contribution in [1.82, 2.24) is 0 Å². The highest BCUT2D eigenvalue weighted by Crippen LogP contribution is 2.38. The molecule has 0 aliphatic heterocycles. The smallest absolute Gasteiger partial charge is 0.348 e. The molecule has 2 heterocycles. The van der Waals surface area contributed by atoms with E-state index in [9.17, 15) is 14.4 Å². The van der Waals surface area contributed by atoms with Gasteiger partial charge in [0.15, 0.2) is 0 Å². The Hall–Kier alpha value is -2.42. The molecule has 0 saturated carbocycles. The number of hydrogen-bond acceptors (Lipinski definition) is 7. The zero-order valence-corrected chi connectivity index (χ0v) is 17.9. The number of rotatable bonds is 4. The van der Waals surface area contributed by atoms with Crippen LogP contribution in [0.3, 0.4) is 0 Å². The number of methoxy groups -OCH3 is 2. The zero-order chi connectivity index (χ0) is 20.6. The van der Waals surface area contributed by atoms with Crippen LogP contribution in [-0.4, -0.2) is 32.1 Å². The average molecular weight is 438 g/mol. The summed E-state index contributed by atoms with van der Waals surface area (Å²) >= 11 is 8.61. The molecule has 1 amide bonds. The molecule has 6 nitrogen and oxygen atoms in total. The van der Waals surface area contributed by atoms with E-state index >= 15 is 0 Å². The van der Waals surface area contributed by atoms with Crippen LogP contribution in [0, 0.1) is 13.8 Å². The second kappa shape index (κ2) is 7.90. The molecule has 1 N–H and O–H groups in total. The molecule has 1 aromatic carbocycles. The van der Waals surface area contributed by atoms with Crippen LogP contribution in [0.5, 0.6) is 0 Å².